The topological polar surface area (TPSA) is 85.6 Å². The third kappa shape index (κ3) is 4.78. The standard InChI is InChI=1S/C27H27Cl2N5O2/c28-21-9-7-20(8-10-21)24(35)32(15-4-14-30)18-27(12-13-27)26-31-34-16-11-22(29)23(34)25(36)33(26)17-19-5-2-1-3-6-19/h1-3,5-11,16H,4,12-15,17-18,30H2. The largest absolute Gasteiger partial charge is 0.338 e. The van der Waals surface area contributed by atoms with Crippen LogP contribution in [0, 0.1) is 0 Å². The summed E-state index contributed by atoms with van der Waals surface area (Å²) in [6.45, 7) is 1.80. The molecule has 0 bridgehead atoms. The molecule has 4 aromatic rings. The Kier molecular flexibility index (Phi) is 6.88. The third-order valence-corrected chi connectivity index (χ3v) is 7.30. The van der Waals surface area contributed by atoms with Gasteiger partial charge in [0.25, 0.3) is 11.5 Å². The van der Waals surface area contributed by atoms with Gasteiger partial charge in [0.2, 0.25) is 0 Å². The number of amides is 1. The summed E-state index contributed by atoms with van der Waals surface area (Å²) in [5.41, 5.74) is 7.07. The number of fused-ring (bicyclic) bond motifs is 1. The second-order valence-electron chi connectivity index (χ2n) is 9.31. The summed E-state index contributed by atoms with van der Waals surface area (Å²) in [6, 6.07) is 18.4. The molecular formula is C27H27Cl2N5O2. The average Bonchev–Trinajstić information content (AvgIpc) is 3.58. The van der Waals surface area contributed by atoms with E-state index in [2.05, 4.69) is 0 Å². The van der Waals surface area contributed by atoms with Crippen molar-refractivity contribution in [1.29, 1.82) is 0 Å². The van der Waals surface area contributed by atoms with E-state index in [1.165, 1.54) is 0 Å². The van der Waals surface area contributed by atoms with E-state index in [1.807, 2.05) is 35.2 Å². The fourth-order valence-electron chi connectivity index (χ4n) is 4.65. The highest BCUT2D eigenvalue weighted by molar-refractivity contribution is 6.33. The van der Waals surface area contributed by atoms with E-state index in [0.29, 0.717) is 59.5 Å². The zero-order valence-electron chi connectivity index (χ0n) is 19.7. The Morgan fingerprint density at radius 1 is 1.06 bits per heavy atom. The SMILES string of the molecule is NCCCN(CC1(c2nn3ccc(Cl)c3c(=O)n2Cc2ccccc2)CC1)C(=O)c1ccc(Cl)cc1. The fraction of sp³-hybridized carbons (Fsp3) is 0.296. The lowest BCUT2D eigenvalue weighted by molar-refractivity contribution is 0.0735. The molecule has 1 amide bonds. The second kappa shape index (κ2) is 10.1. The molecule has 0 atom stereocenters. The molecule has 9 heteroatoms. The van der Waals surface area contributed by atoms with E-state index in [1.54, 1.807) is 45.6 Å². The van der Waals surface area contributed by atoms with Gasteiger partial charge in [0.1, 0.15) is 11.3 Å². The molecule has 2 aromatic carbocycles. The number of nitrogens with two attached hydrogens (primary N) is 1. The number of aromatic nitrogens is 3. The van der Waals surface area contributed by atoms with Crippen LogP contribution >= 0.6 is 23.2 Å². The van der Waals surface area contributed by atoms with E-state index >= 15 is 0 Å². The summed E-state index contributed by atoms with van der Waals surface area (Å²) >= 11 is 12.4. The smallest absolute Gasteiger partial charge is 0.279 e. The first kappa shape index (κ1) is 24.6. The Labute approximate surface area is 219 Å². The van der Waals surface area contributed by atoms with Crippen molar-refractivity contribution >= 4 is 34.6 Å². The molecule has 7 nitrogen and oxygen atoms in total. The number of hydrogen-bond acceptors (Lipinski definition) is 4. The minimum Gasteiger partial charge on any atom is -0.338 e. The van der Waals surface area contributed by atoms with Crippen LogP contribution in [0.5, 0.6) is 0 Å². The predicted octanol–water partition coefficient (Wildman–Crippen LogP) is 4.37. The van der Waals surface area contributed by atoms with Crippen LogP contribution in [0.1, 0.15) is 41.0 Å². The van der Waals surface area contributed by atoms with Crippen LogP contribution in [-0.2, 0) is 12.0 Å². The lowest BCUT2D eigenvalue weighted by Gasteiger charge is -2.29. The molecule has 5 rings (SSSR count). The van der Waals surface area contributed by atoms with E-state index in [-0.39, 0.29) is 11.5 Å². The summed E-state index contributed by atoms with van der Waals surface area (Å²) in [4.78, 5) is 29.0. The van der Waals surface area contributed by atoms with Gasteiger partial charge in [-0.2, -0.15) is 5.10 Å². The summed E-state index contributed by atoms with van der Waals surface area (Å²) < 4.78 is 3.28. The summed E-state index contributed by atoms with van der Waals surface area (Å²) in [7, 11) is 0. The Morgan fingerprint density at radius 3 is 2.44 bits per heavy atom. The predicted molar refractivity (Wildman–Crippen MR) is 142 cm³/mol. The Balaban J connectivity index is 1.56. The van der Waals surface area contributed by atoms with Crippen molar-refractivity contribution in [3.05, 3.63) is 104 Å². The van der Waals surface area contributed by atoms with Crippen LogP contribution in [0.25, 0.3) is 5.52 Å². The van der Waals surface area contributed by atoms with E-state index in [0.717, 1.165) is 18.4 Å². The van der Waals surface area contributed by atoms with Gasteiger partial charge in [-0.3, -0.25) is 14.2 Å². The van der Waals surface area contributed by atoms with E-state index in [9.17, 15) is 9.59 Å². The van der Waals surface area contributed by atoms with Crippen LogP contribution in [0.15, 0.2) is 71.7 Å². The van der Waals surface area contributed by atoms with Crippen LogP contribution < -0.4 is 11.3 Å². The highest BCUT2D eigenvalue weighted by Crippen LogP contribution is 2.48. The van der Waals surface area contributed by atoms with Gasteiger partial charge in [0.05, 0.1) is 11.6 Å². The van der Waals surface area contributed by atoms with Crippen LogP contribution in [-0.4, -0.2) is 44.6 Å². The van der Waals surface area contributed by atoms with Crippen molar-refractivity contribution < 1.29 is 4.79 Å². The average molecular weight is 524 g/mol. The molecule has 0 saturated heterocycles. The van der Waals surface area contributed by atoms with Crippen molar-refractivity contribution in [1.82, 2.24) is 19.1 Å². The number of halogens is 2. The lowest BCUT2D eigenvalue weighted by Crippen LogP contribution is -2.42. The molecule has 1 aliphatic carbocycles. The first-order valence-corrected chi connectivity index (χ1v) is 12.7. The quantitative estimate of drug-likeness (QED) is 0.352. The molecule has 36 heavy (non-hydrogen) atoms. The molecule has 186 valence electrons. The van der Waals surface area contributed by atoms with Gasteiger partial charge < -0.3 is 10.6 Å². The molecule has 1 aliphatic rings. The van der Waals surface area contributed by atoms with Crippen molar-refractivity contribution in [3.63, 3.8) is 0 Å². The van der Waals surface area contributed by atoms with Gasteiger partial charge in [-0.05, 0) is 61.7 Å². The van der Waals surface area contributed by atoms with Crippen LogP contribution in [0.4, 0.5) is 0 Å². The first-order chi connectivity index (χ1) is 17.4. The van der Waals surface area contributed by atoms with E-state index < -0.39 is 5.41 Å². The Bertz CT molecular complexity index is 1440. The fourth-order valence-corrected chi connectivity index (χ4v) is 5.00. The molecule has 2 N–H and O–H groups in total. The maximum absolute atomic E-state index is 13.7. The van der Waals surface area contributed by atoms with Crippen molar-refractivity contribution in [3.8, 4) is 0 Å². The zero-order chi connectivity index (χ0) is 25.3. The summed E-state index contributed by atoms with van der Waals surface area (Å²) in [5, 5.41) is 5.82. The van der Waals surface area contributed by atoms with Crippen molar-refractivity contribution in [2.45, 2.75) is 31.2 Å². The Morgan fingerprint density at radius 2 is 1.78 bits per heavy atom. The third-order valence-electron chi connectivity index (χ3n) is 6.74. The molecule has 1 fully saturated rings. The minimum absolute atomic E-state index is 0.0894. The molecule has 1 saturated carbocycles. The zero-order valence-corrected chi connectivity index (χ0v) is 21.3. The molecule has 2 aromatic heterocycles. The van der Waals surface area contributed by atoms with Gasteiger partial charge in [0.15, 0.2) is 0 Å². The molecule has 0 unspecified atom stereocenters. The highest BCUT2D eigenvalue weighted by Gasteiger charge is 2.50. The normalized spacial score (nSPS) is 14.2. The van der Waals surface area contributed by atoms with Crippen molar-refractivity contribution in [2.75, 3.05) is 19.6 Å². The monoisotopic (exact) mass is 523 g/mol. The van der Waals surface area contributed by atoms with Gasteiger partial charge in [-0.25, -0.2) is 4.52 Å². The van der Waals surface area contributed by atoms with Gasteiger partial charge >= 0.3 is 0 Å². The molecule has 2 heterocycles. The number of carbonyl (C=O) groups excluding carboxylic acids is 1. The van der Waals surface area contributed by atoms with Gasteiger partial charge in [-0.1, -0.05) is 53.5 Å². The Hall–Kier alpha value is -3.13. The maximum Gasteiger partial charge on any atom is 0.279 e. The number of hydrogen-bond donors (Lipinski definition) is 1. The first-order valence-electron chi connectivity index (χ1n) is 12.0. The molecule has 0 radical (unpaired) electrons. The summed E-state index contributed by atoms with van der Waals surface area (Å²) in [5.74, 6) is 0.575. The molecule has 0 aliphatic heterocycles. The molecule has 0 spiro atoms. The second-order valence-corrected chi connectivity index (χ2v) is 10.2. The van der Waals surface area contributed by atoms with Crippen LogP contribution in [0.3, 0.4) is 0 Å². The lowest BCUT2D eigenvalue weighted by atomic mass is 10.0. The highest BCUT2D eigenvalue weighted by atomic mass is 35.5. The number of carbonyl (C=O) groups is 1. The van der Waals surface area contributed by atoms with Gasteiger partial charge in [0, 0.05) is 35.3 Å². The van der Waals surface area contributed by atoms with Gasteiger partial charge in [-0.15, -0.1) is 0 Å². The maximum atomic E-state index is 13.7. The van der Waals surface area contributed by atoms with E-state index in [4.69, 9.17) is 34.0 Å². The minimum atomic E-state index is -0.435. The number of rotatable bonds is 9. The number of nitrogens with zero attached hydrogens (tertiary/aromatic N) is 4. The van der Waals surface area contributed by atoms with Crippen LogP contribution in [0.2, 0.25) is 10.0 Å². The summed E-state index contributed by atoms with van der Waals surface area (Å²) in [6.07, 6.45) is 4.02. The molecular weight excluding hydrogens is 497 g/mol. The number of benzene rings is 2. The van der Waals surface area contributed by atoms with Crippen molar-refractivity contribution in [2.24, 2.45) is 5.73 Å².